The third kappa shape index (κ3) is 3.77. The Balaban J connectivity index is 2.34. The number of esters is 1. The first kappa shape index (κ1) is 12.9. The topological polar surface area (TPSA) is 55.3 Å². The number of hydrogen-bond acceptors (Lipinski definition) is 6. The van der Waals surface area contributed by atoms with Gasteiger partial charge in [0.1, 0.15) is 5.82 Å². The van der Waals surface area contributed by atoms with E-state index >= 15 is 0 Å². The van der Waals surface area contributed by atoms with Crippen LogP contribution in [0.3, 0.4) is 0 Å². The number of aromatic nitrogens is 2. The quantitative estimate of drug-likeness (QED) is 0.708. The Bertz CT molecular complexity index is 341. The van der Waals surface area contributed by atoms with Crippen molar-refractivity contribution in [2.24, 2.45) is 0 Å². The summed E-state index contributed by atoms with van der Waals surface area (Å²) >= 11 is 1.40. The standard InChI is InChI=1S/C10H17N3O2S/c1-4-8-11-10(16-12-8)13(2)7-5-6-9(14)15-3/h4-7H2,1-3H3. The summed E-state index contributed by atoms with van der Waals surface area (Å²) < 4.78 is 8.79. The van der Waals surface area contributed by atoms with Crippen LogP contribution in [-0.2, 0) is 16.0 Å². The van der Waals surface area contributed by atoms with Crippen molar-refractivity contribution in [1.29, 1.82) is 0 Å². The van der Waals surface area contributed by atoms with Gasteiger partial charge in [0.2, 0.25) is 5.13 Å². The number of anilines is 1. The summed E-state index contributed by atoms with van der Waals surface area (Å²) in [5, 5.41) is 0.904. The van der Waals surface area contributed by atoms with E-state index in [1.807, 2.05) is 18.9 Å². The van der Waals surface area contributed by atoms with E-state index in [1.54, 1.807) is 0 Å². The molecule has 1 aromatic heterocycles. The predicted molar refractivity (Wildman–Crippen MR) is 63.8 cm³/mol. The van der Waals surface area contributed by atoms with E-state index in [4.69, 9.17) is 0 Å². The molecule has 0 spiro atoms. The van der Waals surface area contributed by atoms with Gasteiger partial charge in [-0.1, -0.05) is 6.92 Å². The maximum absolute atomic E-state index is 10.9. The molecule has 1 aromatic rings. The monoisotopic (exact) mass is 243 g/mol. The van der Waals surface area contributed by atoms with Crippen LogP contribution in [0, 0.1) is 0 Å². The number of methoxy groups -OCH3 is 1. The van der Waals surface area contributed by atoms with Crippen molar-refractivity contribution in [2.75, 3.05) is 25.6 Å². The molecule has 0 fully saturated rings. The maximum Gasteiger partial charge on any atom is 0.305 e. The Hall–Kier alpha value is -1.17. The van der Waals surface area contributed by atoms with Gasteiger partial charge < -0.3 is 9.64 Å². The van der Waals surface area contributed by atoms with Gasteiger partial charge in [0.25, 0.3) is 0 Å². The summed E-state index contributed by atoms with van der Waals surface area (Å²) in [7, 11) is 3.36. The van der Waals surface area contributed by atoms with Gasteiger partial charge in [0.05, 0.1) is 7.11 Å². The van der Waals surface area contributed by atoms with Gasteiger partial charge in [-0.15, -0.1) is 0 Å². The molecular weight excluding hydrogens is 226 g/mol. The van der Waals surface area contributed by atoms with E-state index in [0.717, 1.165) is 30.3 Å². The van der Waals surface area contributed by atoms with Crippen LogP contribution in [0.25, 0.3) is 0 Å². The average Bonchev–Trinajstić information content (AvgIpc) is 2.77. The summed E-state index contributed by atoms with van der Waals surface area (Å²) in [6.45, 7) is 2.82. The van der Waals surface area contributed by atoms with Gasteiger partial charge >= 0.3 is 5.97 Å². The number of aryl methyl sites for hydroxylation is 1. The summed E-state index contributed by atoms with van der Waals surface area (Å²) in [4.78, 5) is 17.3. The second-order valence-electron chi connectivity index (χ2n) is 3.45. The zero-order valence-corrected chi connectivity index (χ0v) is 10.7. The SMILES string of the molecule is CCc1nsc(N(C)CCCC(=O)OC)n1. The minimum atomic E-state index is -0.167. The Morgan fingerprint density at radius 1 is 1.56 bits per heavy atom. The lowest BCUT2D eigenvalue weighted by Gasteiger charge is -2.13. The second-order valence-corrected chi connectivity index (χ2v) is 4.18. The highest BCUT2D eigenvalue weighted by Crippen LogP contribution is 2.16. The average molecular weight is 243 g/mol. The van der Waals surface area contributed by atoms with Gasteiger partial charge in [0.15, 0.2) is 0 Å². The van der Waals surface area contributed by atoms with Gasteiger partial charge in [-0.3, -0.25) is 4.79 Å². The molecule has 0 unspecified atom stereocenters. The van der Waals surface area contributed by atoms with E-state index in [1.165, 1.54) is 18.6 Å². The van der Waals surface area contributed by atoms with Gasteiger partial charge in [-0.25, -0.2) is 4.98 Å². The van der Waals surface area contributed by atoms with Gasteiger partial charge in [-0.2, -0.15) is 4.37 Å². The fourth-order valence-electron chi connectivity index (χ4n) is 1.20. The first-order valence-corrected chi connectivity index (χ1v) is 6.05. The largest absolute Gasteiger partial charge is 0.469 e. The Kier molecular flexibility index (Phi) is 5.18. The van der Waals surface area contributed by atoms with Crippen LogP contribution in [0.1, 0.15) is 25.6 Å². The highest BCUT2D eigenvalue weighted by Gasteiger charge is 2.08. The van der Waals surface area contributed by atoms with Crippen LogP contribution in [0.15, 0.2) is 0 Å². The van der Waals surface area contributed by atoms with Crippen molar-refractivity contribution >= 4 is 22.6 Å². The Morgan fingerprint density at radius 3 is 2.88 bits per heavy atom. The fourth-order valence-corrected chi connectivity index (χ4v) is 1.94. The number of carbonyl (C=O) groups is 1. The van der Waals surface area contributed by atoms with Gasteiger partial charge in [0, 0.05) is 38.0 Å². The highest BCUT2D eigenvalue weighted by atomic mass is 32.1. The molecule has 0 N–H and O–H groups in total. The normalized spacial score (nSPS) is 10.2. The number of nitrogens with zero attached hydrogens (tertiary/aromatic N) is 3. The van der Waals surface area contributed by atoms with Crippen molar-refractivity contribution in [1.82, 2.24) is 9.36 Å². The molecule has 0 aliphatic heterocycles. The van der Waals surface area contributed by atoms with Crippen molar-refractivity contribution in [3.8, 4) is 0 Å². The minimum Gasteiger partial charge on any atom is -0.469 e. The van der Waals surface area contributed by atoms with E-state index in [2.05, 4.69) is 14.1 Å². The van der Waals surface area contributed by atoms with Crippen molar-refractivity contribution in [3.05, 3.63) is 5.82 Å². The third-order valence-corrected chi connectivity index (χ3v) is 3.07. The van der Waals surface area contributed by atoms with E-state index in [9.17, 15) is 4.79 Å². The molecule has 6 heteroatoms. The first-order chi connectivity index (χ1) is 7.67. The van der Waals surface area contributed by atoms with Crippen molar-refractivity contribution in [2.45, 2.75) is 26.2 Å². The Labute approximate surface area is 99.6 Å². The van der Waals surface area contributed by atoms with Crippen LogP contribution in [0.4, 0.5) is 5.13 Å². The molecule has 1 rings (SSSR count). The molecule has 16 heavy (non-hydrogen) atoms. The lowest BCUT2D eigenvalue weighted by molar-refractivity contribution is -0.140. The zero-order valence-electron chi connectivity index (χ0n) is 9.89. The fraction of sp³-hybridized carbons (Fsp3) is 0.700. The number of ether oxygens (including phenoxy) is 1. The van der Waals surface area contributed by atoms with Gasteiger partial charge in [-0.05, 0) is 6.42 Å². The number of carbonyl (C=O) groups excluding carboxylic acids is 1. The summed E-state index contributed by atoms with van der Waals surface area (Å²) in [6, 6.07) is 0. The third-order valence-electron chi connectivity index (χ3n) is 2.20. The molecule has 0 radical (unpaired) electrons. The molecule has 5 nitrogen and oxygen atoms in total. The summed E-state index contributed by atoms with van der Waals surface area (Å²) in [6.07, 6.45) is 2.07. The molecule has 1 heterocycles. The molecule has 0 aromatic carbocycles. The first-order valence-electron chi connectivity index (χ1n) is 5.28. The molecule has 0 aliphatic carbocycles. The molecule has 0 saturated heterocycles. The van der Waals surface area contributed by atoms with Crippen LogP contribution < -0.4 is 4.90 Å². The lowest BCUT2D eigenvalue weighted by Crippen LogP contribution is -2.19. The molecular formula is C10H17N3O2S. The van der Waals surface area contributed by atoms with E-state index in [-0.39, 0.29) is 5.97 Å². The zero-order chi connectivity index (χ0) is 12.0. The molecule has 0 aliphatic rings. The molecule has 0 bridgehead atoms. The molecule has 0 saturated carbocycles. The molecule has 0 atom stereocenters. The van der Waals surface area contributed by atoms with Crippen LogP contribution in [0.5, 0.6) is 0 Å². The van der Waals surface area contributed by atoms with Crippen LogP contribution >= 0.6 is 11.5 Å². The van der Waals surface area contributed by atoms with Crippen LogP contribution in [0.2, 0.25) is 0 Å². The second kappa shape index (κ2) is 6.42. The smallest absolute Gasteiger partial charge is 0.305 e. The van der Waals surface area contributed by atoms with E-state index < -0.39 is 0 Å². The van der Waals surface area contributed by atoms with Crippen molar-refractivity contribution in [3.63, 3.8) is 0 Å². The lowest BCUT2D eigenvalue weighted by atomic mass is 10.3. The van der Waals surface area contributed by atoms with E-state index in [0.29, 0.717) is 6.42 Å². The molecule has 90 valence electrons. The Morgan fingerprint density at radius 2 is 2.31 bits per heavy atom. The number of rotatable bonds is 6. The highest BCUT2D eigenvalue weighted by molar-refractivity contribution is 7.09. The summed E-state index contributed by atoms with van der Waals surface area (Å²) in [5.41, 5.74) is 0. The minimum absolute atomic E-state index is 0.167. The number of hydrogen-bond donors (Lipinski definition) is 0. The van der Waals surface area contributed by atoms with Crippen LogP contribution in [-0.4, -0.2) is 36.0 Å². The summed E-state index contributed by atoms with van der Waals surface area (Å²) in [5.74, 6) is 0.708. The predicted octanol–water partition coefficient (Wildman–Crippen LogP) is 1.49. The molecule has 0 amide bonds. The maximum atomic E-state index is 10.9. The van der Waals surface area contributed by atoms with Crippen molar-refractivity contribution < 1.29 is 9.53 Å².